The maximum absolute atomic E-state index is 11.8. The van der Waals surface area contributed by atoms with Gasteiger partial charge < -0.3 is 33.0 Å². The molecular weight excluding hydrogens is 516 g/mol. The number of rotatable bonds is 9. The van der Waals surface area contributed by atoms with Gasteiger partial charge in [0.25, 0.3) is 0 Å². The second-order valence-corrected chi connectivity index (χ2v) is 9.75. The number of ether oxygens (including phenoxy) is 6. The zero-order chi connectivity index (χ0) is 26.5. The lowest BCUT2D eigenvalue weighted by Gasteiger charge is -2.48. The molecule has 2 fully saturated rings. The highest BCUT2D eigenvalue weighted by atomic mass is 32.3. The van der Waals surface area contributed by atoms with E-state index in [1.807, 2.05) is 60.7 Å². The predicted octanol–water partition coefficient (Wildman–Crippen LogP) is 3.34. The molecule has 6 atom stereocenters. The van der Waals surface area contributed by atoms with Gasteiger partial charge in [0.1, 0.15) is 29.8 Å². The summed E-state index contributed by atoms with van der Waals surface area (Å²) in [5.41, 5.74) is 1.59. The molecule has 0 aromatic heterocycles. The first-order valence-corrected chi connectivity index (χ1v) is 13.3. The van der Waals surface area contributed by atoms with Gasteiger partial charge in [-0.1, -0.05) is 60.7 Å². The summed E-state index contributed by atoms with van der Waals surface area (Å²) in [6.45, 7) is 0.206. The molecule has 38 heavy (non-hydrogen) atoms. The van der Waals surface area contributed by atoms with Crippen LogP contribution in [0.4, 0.5) is 0 Å². The van der Waals surface area contributed by atoms with Gasteiger partial charge in [-0.25, -0.2) is 8.42 Å². The Kier molecular flexibility index (Phi) is 8.24. The first kappa shape index (κ1) is 26.6. The van der Waals surface area contributed by atoms with Crippen LogP contribution in [-0.4, -0.2) is 57.4 Å². The van der Waals surface area contributed by atoms with Crippen molar-refractivity contribution in [1.82, 2.24) is 0 Å². The summed E-state index contributed by atoms with van der Waals surface area (Å²) >= 11 is 0. The monoisotopic (exact) mass is 543 g/mol. The molecule has 0 aliphatic carbocycles. The van der Waals surface area contributed by atoms with Gasteiger partial charge in [0.05, 0.1) is 20.3 Å². The molecule has 0 bridgehead atoms. The van der Waals surface area contributed by atoms with Gasteiger partial charge in [-0.15, -0.1) is 0 Å². The zero-order valence-corrected chi connectivity index (χ0v) is 21.3. The minimum Gasteiger partial charge on any atom is -0.726 e. The minimum atomic E-state index is -5.18. The summed E-state index contributed by atoms with van der Waals surface area (Å²) in [6.07, 6.45) is -6.15. The van der Waals surface area contributed by atoms with Crippen LogP contribution in [-0.2, 0) is 40.1 Å². The van der Waals surface area contributed by atoms with Gasteiger partial charge in [0.15, 0.2) is 12.4 Å². The van der Waals surface area contributed by atoms with Crippen LogP contribution in [0.5, 0.6) is 11.5 Å². The molecule has 0 radical (unpaired) electrons. The zero-order valence-electron chi connectivity index (χ0n) is 20.5. The molecule has 11 heteroatoms. The summed E-state index contributed by atoms with van der Waals surface area (Å²) in [6, 6.07) is 25.1. The number of hydrogen-bond donors (Lipinski definition) is 0. The summed E-state index contributed by atoms with van der Waals surface area (Å²) in [5.74, 6) is 0.940. The normalized spacial score (nSPS) is 27.3. The van der Waals surface area contributed by atoms with Crippen LogP contribution in [0.3, 0.4) is 0 Å². The lowest BCUT2D eigenvalue weighted by atomic mass is 9.97. The van der Waals surface area contributed by atoms with Crippen molar-refractivity contribution in [1.29, 1.82) is 0 Å². The Labute approximate surface area is 220 Å². The average molecular weight is 544 g/mol. The quantitative estimate of drug-likeness (QED) is 0.293. The molecule has 0 amide bonds. The Balaban J connectivity index is 1.45. The number of hydrogen-bond acceptors (Lipinski definition) is 10. The van der Waals surface area contributed by atoms with Crippen LogP contribution in [0.25, 0.3) is 0 Å². The van der Waals surface area contributed by atoms with Crippen LogP contribution in [0.2, 0.25) is 0 Å². The Morgan fingerprint density at radius 3 is 2.18 bits per heavy atom. The summed E-state index contributed by atoms with van der Waals surface area (Å²) < 4.78 is 76.0. The van der Waals surface area contributed by atoms with Gasteiger partial charge in [0.2, 0.25) is 16.7 Å². The molecule has 0 saturated carbocycles. The van der Waals surface area contributed by atoms with Gasteiger partial charge in [-0.05, 0) is 29.8 Å². The molecule has 1 unspecified atom stereocenters. The van der Waals surface area contributed by atoms with Crippen LogP contribution in [0.1, 0.15) is 17.4 Å². The molecule has 2 saturated heterocycles. The maximum Gasteiger partial charge on any atom is 0.230 e. The van der Waals surface area contributed by atoms with Crippen molar-refractivity contribution in [3.8, 4) is 11.5 Å². The summed E-state index contributed by atoms with van der Waals surface area (Å²) in [5, 5.41) is 0. The fourth-order valence-corrected chi connectivity index (χ4v) is 4.88. The SMILES string of the molecule is COc1ccc(O[C@@H]2O[C@@H]3COC(c4ccccc4)O[C@H]3[C@H](OCc3ccccc3)[C@H]2OS(=O)(=O)[O-])cc1. The van der Waals surface area contributed by atoms with Crippen molar-refractivity contribution in [3.05, 3.63) is 96.1 Å². The van der Waals surface area contributed by atoms with Crippen LogP contribution >= 0.6 is 0 Å². The first-order valence-electron chi connectivity index (χ1n) is 12.0. The Morgan fingerprint density at radius 2 is 1.53 bits per heavy atom. The molecule has 3 aromatic rings. The Bertz CT molecular complexity index is 1270. The molecule has 3 aromatic carbocycles. The van der Waals surface area contributed by atoms with Crippen LogP contribution in [0.15, 0.2) is 84.9 Å². The van der Waals surface area contributed by atoms with Crippen molar-refractivity contribution < 1.29 is 45.6 Å². The fraction of sp³-hybridized carbons (Fsp3) is 0.333. The number of benzene rings is 3. The third-order valence-electron chi connectivity index (χ3n) is 6.18. The minimum absolute atomic E-state index is 0.100. The van der Waals surface area contributed by atoms with E-state index in [-0.39, 0.29) is 13.2 Å². The van der Waals surface area contributed by atoms with Gasteiger partial charge in [0, 0.05) is 5.56 Å². The standard InChI is InChI=1S/C27H28O10S/c1-31-20-12-14-21(15-13-20)34-27-25(37-38(28,29)30)24(32-16-18-8-4-2-5-9-18)23-22(35-27)17-33-26(36-23)19-10-6-3-7-11-19/h2-15,22-27H,16-17H2,1H3,(H,28,29,30)/p-1/t22-,23-,24+,25-,26?,27-/m1/s1. The number of fused-ring (bicyclic) bond motifs is 1. The molecular formula is C27H27O10S-. The van der Waals surface area contributed by atoms with Crippen LogP contribution in [0, 0.1) is 0 Å². The lowest BCUT2D eigenvalue weighted by Crippen LogP contribution is -2.64. The molecule has 2 heterocycles. The third kappa shape index (κ3) is 6.51. The Morgan fingerprint density at radius 1 is 0.868 bits per heavy atom. The summed E-state index contributed by atoms with van der Waals surface area (Å²) in [4.78, 5) is 0. The molecule has 10 nitrogen and oxygen atoms in total. The lowest BCUT2D eigenvalue weighted by molar-refractivity contribution is -0.353. The second-order valence-electron chi connectivity index (χ2n) is 8.74. The largest absolute Gasteiger partial charge is 0.726 e. The van der Waals surface area contributed by atoms with Crippen molar-refractivity contribution in [2.75, 3.05) is 13.7 Å². The van der Waals surface area contributed by atoms with Crippen molar-refractivity contribution in [2.24, 2.45) is 0 Å². The van der Waals surface area contributed by atoms with Gasteiger partial charge in [-0.2, -0.15) is 0 Å². The van der Waals surface area contributed by atoms with E-state index in [2.05, 4.69) is 0 Å². The first-order chi connectivity index (χ1) is 18.4. The maximum atomic E-state index is 11.8. The van der Waals surface area contributed by atoms with E-state index in [1.165, 1.54) is 7.11 Å². The molecule has 2 aliphatic rings. The smallest absolute Gasteiger partial charge is 0.230 e. The van der Waals surface area contributed by atoms with Crippen molar-refractivity contribution in [2.45, 2.75) is 43.6 Å². The van der Waals surface area contributed by atoms with Gasteiger partial charge in [-0.3, -0.25) is 4.18 Å². The predicted molar refractivity (Wildman–Crippen MR) is 132 cm³/mol. The topological polar surface area (TPSA) is 122 Å². The molecule has 0 spiro atoms. The Hall–Kier alpha value is -3.03. The highest BCUT2D eigenvalue weighted by Gasteiger charge is 2.53. The third-order valence-corrected chi connectivity index (χ3v) is 6.64. The number of methoxy groups -OCH3 is 1. The molecule has 0 N–H and O–H groups in total. The van der Waals surface area contributed by atoms with E-state index < -0.39 is 47.4 Å². The van der Waals surface area contributed by atoms with E-state index in [0.29, 0.717) is 11.5 Å². The summed E-state index contributed by atoms with van der Waals surface area (Å²) in [7, 11) is -3.64. The second kappa shape index (κ2) is 11.8. The van der Waals surface area contributed by atoms with E-state index in [0.717, 1.165) is 11.1 Å². The van der Waals surface area contributed by atoms with E-state index in [9.17, 15) is 13.0 Å². The van der Waals surface area contributed by atoms with E-state index in [1.54, 1.807) is 24.3 Å². The fourth-order valence-electron chi connectivity index (χ4n) is 4.40. The van der Waals surface area contributed by atoms with E-state index >= 15 is 0 Å². The van der Waals surface area contributed by atoms with E-state index in [4.69, 9.17) is 32.6 Å². The molecule has 2 aliphatic heterocycles. The van der Waals surface area contributed by atoms with Crippen LogP contribution < -0.4 is 9.47 Å². The van der Waals surface area contributed by atoms with Gasteiger partial charge >= 0.3 is 0 Å². The van der Waals surface area contributed by atoms with Crippen molar-refractivity contribution in [3.63, 3.8) is 0 Å². The average Bonchev–Trinajstić information content (AvgIpc) is 2.93. The highest BCUT2D eigenvalue weighted by Crippen LogP contribution is 2.38. The highest BCUT2D eigenvalue weighted by molar-refractivity contribution is 7.80. The van der Waals surface area contributed by atoms with Crippen molar-refractivity contribution >= 4 is 10.4 Å². The molecule has 202 valence electrons. The molecule has 5 rings (SSSR count).